The topological polar surface area (TPSA) is 20.2 Å². The van der Waals surface area contributed by atoms with E-state index in [-0.39, 0.29) is 18.8 Å². The molecule has 0 amide bonds. The number of hydrogen-bond donors (Lipinski definition) is 1. The van der Waals surface area contributed by atoms with E-state index in [2.05, 4.69) is 6.92 Å². The third-order valence-electron chi connectivity index (χ3n) is 4.62. The molecule has 2 aliphatic rings. The summed E-state index contributed by atoms with van der Waals surface area (Å²) in [6.07, 6.45) is 5.79. The molecule has 2 fully saturated rings. The highest BCUT2D eigenvalue weighted by molar-refractivity contribution is 4.89. The van der Waals surface area contributed by atoms with Crippen LogP contribution in [0.1, 0.15) is 64.7 Å². The Balaban J connectivity index is 1.87. The molecule has 17 heavy (non-hydrogen) atoms. The minimum Gasteiger partial charge on any atom is -0.390 e. The van der Waals surface area contributed by atoms with Gasteiger partial charge >= 0.3 is 0 Å². The minimum atomic E-state index is -2.48. The highest BCUT2D eigenvalue weighted by Gasteiger charge is 2.40. The van der Waals surface area contributed by atoms with Crippen molar-refractivity contribution in [1.29, 1.82) is 0 Å². The SMILES string of the molecule is CC1CCC(O)(CC2CCCC(F)(F)C2)CC1. The van der Waals surface area contributed by atoms with E-state index >= 15 is 0 Å². The van der Waals surface area contributed by atoms with Crippen molar-refractivity contribution in [3.05, 3.63) is 0 Å². The summed E-state index contributed by atoms with van der Waals surface area (Å²) in [5.41, 5.74) is -0.648. The van der Waals surface area contributed by atoms with E-state index in [1.54, 1.807) is 0 Å². The first-order chi connectivity index (χ1) is 7.89. The summed E-state index contributed by atoms with van der Waals surface area (Å²) in [5.74, 6) is -1.78. The van der Waals surface area contributed by atoms with Crippen molar-refractivity contribution in [2.75, 3.05) is 0 Å². The zero-order valence-corrected chi connectivity index (χ0v) is 10.7. The van der Waals surface area contributed by atoms with E-state index in [0.29, 0.717) is 18.8 Å². The molecular weight excluding hydrogens is 222 g/mol. The number of hydrogen-bond acceptors (Lipinski definition) is 1. The molecule has 0 heterocycles. The van der Waals surface area contributed by atoms with Crippen LogP contribution in [0.25, 0.3) is 0 Å². The Morgan fingerprint density at radius 3 is 2.35 bits per heavy atom. The van der Waals surface area contributed by atoms with Crippen LogP contribution >= 0.6 is 0 Å². The minimum absolute atomic E-state index is 0.00906. The maximum Gasteiger partial charge on any atom is 0.248 e. The monoisotopic (exact) mass is 246 g/mol. The lowest BCUT2D eigenvalue weighted by atomic mass is 9.72. The molecule has 0 aromatic carbocycles. The van der Waals surface area contributed by atoms with Crippen LogP contribution < -0.4 is 0 Å². The fourth-order valence-corrected chi connectivity index (χ4v) is 3.49. The highest BCUT2D eigenvalue weighted by atomic mass is 19.3. The van der Waals surface area contributed by atoms with Gasteiger partial charge in [0.2, 0.25) is 5.92 Å². The third-order valence-corrected chi connectivity index (χ3v) is 4.62. The predicted molar refractivity (Wildman–Crippen MR) is 64.1 cm³/mol. The van der Waals surface area contributed by atoms with Gasteiger partial charge in [0.25, 0.3) is 0 Å². The van der Waals surface area contributed by atoms with Crippen LogP contribution in [0.5, 0.6) is 0 Å². The largest absolute Gasteiger partial charge is 0.390 e. The van der Waals surface area contributed by atoms with Gasteiger partial charge in [0.05, 0.1) is 5.60 Å². The number of halogens is 2. The summed E-state index contributed by atoms with van der Waals surface area (Å²) in [7, 11) is 0. The van der Waals surface area contributed by atoms with Gasteiger partial charge in [0.1, 0.15) is 0 Å². The molecule has 2 rings (SSSR count). The van der Waals surface area contributed by atoms with E-state index < -0.39 is 11.5 Å². The van der Waals surface area contributed by atoms with Crippen molar-refractivity contribution in [1.82, 2.24) is 0 Å². The average Bonchev–Trinajstić information content (AvgIpc) is 2.21. The summed E-state index contributed by atoms with van der Waals surface area (Å²) in [4.78, 5) is 0. The second kappa shape index (κ2) is 4.83. The molecule has 0 spiro atoms. The molecule has 0 aliphatic heterocycles. The molecule has 0 bridgehead atoms. The molecule has 0 aromatic heterocycles. The standard InChI is InChI=1S/C14H24F2O/c1-11-4-7-13(17,8-5-11)9-12-3-2-6-14(15,16)10-12/h11-12,17H,2-10H2,1H3. The fourth-order valence-electron chi connectivity index (χ4n) is 3.49. The molecule has 0 aromatic rings. The Hall–Kier alpha value is -0.180. The lowest BCUT2D eigenvalue weighted by Crippen LogP contribution is -2.38. The molecule has 3 heteroatoms. The average molecular weight is 246 g/mol. The Labute approximate surface area is 103 Å². The van der Waals surface area contributed by atoms with Gasteiger partial charge in [-0.15, -0.1) is 0 Å². The van der Waals surface area contributed by atoms with Gasteiger partial charge in [-0.1, -0.05) is 6.92 Å². The van der Waals surface area contributed by atoms with Gasteiger partial charge in [0.15, 0.2) is 0 Å². The van der Waals surface area contributed by atoms with Crippen LogP contribution in [-0.2, 0) is 0 Å². The molecule has 100 valence electrons. The first kappa shape index (κ1) is 13.3. The normalized spacial score (nSPS) is 42.4. The van der Waals surface area contributed by atoms with Crippen molar-refractivity contribution < 1.29 is 13.9 Å². The second-order valence-corrected chi connectivity index (χ2v) is 6.43. The predicted octanol–water partition coefficient (Wildman–Crippen LogP) is 4.14. The zero-order valence-electron chi connectivity index (χ0n) is 10.7. The van der Waals surface area contributed by atoms with Gasteiger partial charge in [0, 0.05) is 12.8 Å². The van der Waals surface area contributed by atoms with Gasteiger partial charge in [-0.25, -0.2) is 8.78 Å². The van der Waals surface area contributed by atoms with Crippen molar-refractivity contribution in [3.63, 3.8) is 0 Å². The number of aliphatic hydroxyl groups is 1. The van der Waals surface area contributed by atoms with Crippen molar-refractivity contribution in [3.8, 4) is 0 Å². The van der Waals surface area contributed by atoms with E-state index in [1.807, 2.05) is 0 Å². The molecule has 1 atom stereocenters. The summed E-state index contributed by atoms with van der Waals surface area (Å²) in [6, 6.07) is 0. The third kappa shape index (κ3) is 3.64. The van der Waals surface area contributed by atoms with Crippen LogP contribution in [0.15, 0.2) is 0 Å². The van der Waals surface area contributed by atoms with Crippen LogP contribution in [0.2, 0.25) is 0 Å². The van der Waals surface area contributed by atoms with Gasteiger partial charge < -0.3 is 5.11 Å². The van der Waals surface area contributed by atoms with Crippen molar-refractivity contribution >= 4 is 0 Å². The van der Waals surface area contributed by atoms with Crippen molar-refractivity contribution in [2.45, 2.75) is 76.2 Å². The van der Waals surface area contributed by atoms with E-state index in [9.17, 15) is 13.9 Å². The Morgan fingerprint density at radius 1 is 1.12 bits per heavy atom. The molecule has 2 aliphatic carbocycles. The summed E-state index contributed by atoms with van der Waals surface area (Å²) in [5, 5.41) is 10.5. The maximum atomic E-state index is 13.3. The summed E-state index contributed by atoms with van der Waals surface area (Å²) < 4.78 is 26.6. The second-order valence-electron chi connectivity index (χ2n) is 6.43. The van der Waals surface area contributed by atoms with Gasteiger partial charge in [-0.2, -0.15) is 0 Å². The summed E-state index contributed by atoms with van der Waals surface area (Å²) >= 11 is 0. The quantitative estimate of drug-likeness (QED) is 0.776. The lowest BCUT2D eigenvalue weighted by Gasteiger charge is -2.39. The van der Waals surface area contributed by atoms with Gasteiger partial charge in [-0.3, -0.25) is 0 Å². The Kier molecular flexibility index (Phi) is 3.77. The Morgan fingerprint density at radius 2 is 1.76 bits per heavy atom. The molecule has 1 nitrogen and oxygen atoms in total. The first-order valence-electron chi connectivity index (χ1n) is 6.99. The molecule has 2 saturated carbocycles. The maximum absolute atomic E-state index is 13.3. The highest BCUT2D eigenvalue weighted by Crippen LogP contribution is 2.43. The molecule has 1 N–H and O–H groups in total. The van der Waals surface area contributed by atoms with Crippen LogP contribution in [0, 0.1) is 11.8 Å². The molecule has 0 saturated heterocycles. The fraction of sp³-hybridized carbons (Fsp3) is 1.00. The number of alkyl halides is 2. The van der Waals surface area contributed by atoms with Crippen molar-refractivity contribution in [2.24, 2.45) is 11.8 Å². The van der Waals surface area contributed by atoms with E-state index in [1.165, 1.54) is 0 Å². The zero-order chi connectivity index (χ0) is 12.5. The van der Waals surface area contributed by atoms with E-state index in [4.69, 9.17) is 0 Å². The van der Waals surface area contributed by atoms with Gasteiger partial charge in [-0.05, 0) is 56.8 Å². The van der Waals surface area contributed by atoms with Crippen LogP contribution in [0.3, 0.4) is 0 Å². The summed E-state index contributed by atoms with van der Waals surface area (Å²) in [6.45, 7) is 2.20. The van der Waals surface area contributed by atoms with Crippen LogP contribution in [0.4, 0.5) is 8.78 Å². The first-order valence-corrected chi connectivity index (χ1v) is 6.99. The van der Waals surface area contributed by atoms with Crippen LogP contribution in [-0.4, -0.2) is 16.6 Å². The smallest absolute Gasteiger partial charge is 0.248 e. The molecule has 0 radical (unpaired) electrons. The van der Waals surface area contributed by atoms with E-state index in [0.717, 1.165) is 32.1 Å². The lowest BCUT2D eigenvalue weighted by molar-refractivity contribution is -0.0805. The molecular formula is C14H24F2O. The molecule has 1 unspecified atom stereocenters. The number of rotatable bonds is 2. The Bertz CT molecular complexity index is 257.